The van der Waals surface area contributed by atoms with Crippen molar-refractivity contribution >= 4 is 21.7 Å². The Labute approximate surface area is 132 Å². The van der Waals surface area contributed by atoms with E-state index in [-0.39, 0.29) is 0 Å². The minimum atomic E-state index is 0.414. The lowest BCUT2D eigenvalue weighted by molar-refractivity contribution is 0.211. The monoisotopic (exact) mass is 351 g/mol. The molecule has 1 aromatic heterocycles. The van der Waals surface area contributed by atoms with Crippen LogP contribution in [0.3, 0.4) is 0 Å². The smallest absolute Gasteiger partial charge is 0.233 e. The number of halogens is 1. The van der Waals surface area contributed by atoms with Crippen LogP contribution in [0.5, 0.6) is 11.6 Å². The van der Waals surface area contributed by atoms with Crippen molar-refractivity contribution in [3.05, 3.63) is 41.1 Å². The Morgan fingerprint density at radius 1 is 1.10 bits per heavy atom. The SMILES string of the molecule is CCCNc1ncnc(OCCOc2ccccc2)c1Br. The first-order chi connectivity index (χ1) is 10.3. The van der Waals surface area contributed by atoms with Gasteiger partial charge in [-0.25, -0.2) is 9.97 Å². The zero-order valence-corrected chi connectivity index (χ0v) is 13.5. The Morgan fingerprint density at radius 2 is 1.86 bits per heavy atom. The molecule has 2 rings (SSSR count). The lowest BCUT2D eigenvalue weighted by Gasteiger charge is -2.11. The minimum Gasteiger partial charge on any atom is -0.490 e. The molecule has 5 nitrogen and oxygen atoms in total. The van der Waals surface area contributed by atoms with Gasteiger partial charge in [-0.1, -0.05) is 25.1 Å². The van der Waals surface area contributed by atoms with E-state index in [1.165, 1.54) is 6.33 Å². The molecular formula is C15H18BrN3O2. The summed E-state index contributed by atoms with van der Waals surface area (Å²) >= 11 is 3.46. The van der Waals surface area contributed by atoms with Gasteiger partial charge in [0.2, 0.25) is 5.88 Å². The first kappa shape index (κ1) is 15.6. The number of rotatable bonds is 8. The van der Waals surface area contributed by atoms with Gasteiger partial charge < -0.3 is 14.8 Å². The normalized spacial score (nSPS) is 10.2. The predicted molar refractivity (Wildman–Crippen MR) is 85.9 cm³/mol. The van der Waals surface area contributed by atoms with E-state index < -0.39 is 0 Å². The Bertz CT molecular complexity index is 552. The molecule has 0 fully saturated rings. The number of nitrogens with one attached hydrogen (secondary N) is 1. The quantitative estimate of drug-likeness (QED) is 0.737. The average molecular weight is 352 g/mol. The van der Waals surface area contributed by atoms with E-state index in [1.807, 2.05) is 30.3 Å². The largest absolute Gasteiger partial charge is 0.490 e. The number of hydrogen-bond donors (Lipinski definition) is 1. The molecule has 0 radical (unpaired) electrons. The molecule has 0 atom stereocenters. The highest BCUT2D eigenvalue weighted by Crippen LogP contribution is 2.28. The molecule has 112 valence electrons. The van der Waals surface area contributed by atoms with E-state index in [4.69, 9.17) is 9.47 Å². The molecule has 0 unspecified atom stereocenters. The third-order valence-electron chi connectivity index (χ3n) is 2.63. The summed E-state index contributed by atoms with van der Waals surface area (Å²) in [5, 5.41) is 3.21. The highest BCUT2D eigenvalue weighted by atomic mass is 79.9. The van der Waals surface area contributed by atoms with Gasteiger partial charge in [0.05, 0.1) is 0 Å². The minimum absolute atomic E-state index is 0.414. The molecule has 6 heteroatoms. The lowest BCUT2D eigenvalue weighted by atomic mass is 10.3. The average Bonchev–Trinajstić information content (AvgIpc) is 2.53. The fourth-order valence-corrected chi connectivity index (χ4v) is 2.09. The maximum absolute atomic E-state index is 5.62. The van der Waals surface area contributed by atoms with Crippen molar-refractivity contribution < 1.29 is 9.47 Å². The number of anilines is 1. The van der Waals surface area contributed by atoms with Crippen LogP contribution in [0.4, 0.5) is 5.82 Å². The summed E-state index contributed by atoms with van der Waals surface area (Å²) in [5.41, 5.74) is 0. The van der Waals surface area contributed by atoms with E-state index in [1.54, 1.807) is 0 Å². The van der Waals surface area contributed by atoms with Gasteiger partial charge in [0.25, 0.3) is 0 Å². The van der Waals surface area contributed by atoms with Gasteiger partial charge >= 0.3 is 0 Å². The Kier molecular flexibility index (Phi) is 6.27. The van der Waals surface area contributed by atoms with Crippen molar-refractivity contribution in [2.24, 2.45) is 0 Å². The first-order valence-corrected chi connectivity index (χ1v) is 7.65. The van der Waals surface area contributed by atoms with Crippen molar-refractivity contribution in [3.8, 4) is 11.6 Å². The van der Waals surface area contributed by atoms with Gasteiger partial charge in [-0.3, -0.25) is 0 Å². The van der Waals surface area contributed by atoms with Gasteiger partial charge in [-0.05, 0) is 34.5 Å². The fourth-order valence-electron chi connectivity index (χ4n) is 1.64. The summed E-state index contributed by atoms with van der Waals surface area (Å²) in [7, 11) is 0. The molecule has 0 aliphatic rings. The zero-order valence-electron chi connectivity index (χ0n) is 11.9. The third kappa shape index (κ3) is 4.90. The van der Waals surface area contributed by atoms with Crippen LogP contribution in [-0.2, 0) is 0 Å². The van der Waals surface area contributed by atoms with Crippen LogP contribution in [0.1, 0.15) is 13.3 Å². The highest BCUT2D eigenvalue weighted by Gasteiger charge is 2.09. The van der Waals surface area contributed by atoms with E-state index in [2.05, 4.69) is 38.1 Å². The number of nitrogens with zero attached hydrogens (tertiary/aromatic N) is 2. The second-order valence-corrected chi connectivity index (χ2v) is 5.07. The van der Waals surface area contributed by atoms with Crippen molar-refractivity contribution in [3.63, 3.8) is 0 Å². The van der Waals surface area contributed by atoms with Crippen LogP contribution in [0.15, 0.2) is 41.1 Å². The second kappa shape index (κ2) is 8.46. The second-order valence-electron chi connectivity index (χ2n) is 4.28. The molecular weight excluding hydrogens is 334 g/mol. The molecule has 0 aliphatic carbocycles. The number of ether oxygens (including phenoxy) is 2. The fraction of sp³-hybridized carbons (Fsp3) is 0.333. The molecule has 0 bridgehead atoms. The van der Waals surface area contributed by atoms with Gasteiger partial charge in [0.1, 0.15) is 35.6 Å². The molecule has 1 heterocycles. The maximum Gasteiger partial charge on any atom is 0.233 e. The molecule has 0 spiro atoms. The molecule has 0 saturated heterocycles. The maximum atomic E-state index is 5.62. The van der Waals surface area contributed by atoms with Crippen LogP contribution in [0.25, 0.3) is 0 Å². The molecule has 0 saturated carbocycles. The van der Waals surface area contributed by atoms with Crippen LogP contribution < -0.4 is 14.8 Å². The Morgan fingerprint density at radius 3 is 2.62 bits per heavy atom. The van der Waals surface area contributed by atoms with Crippen LogP contribution >= 0.6 is 15.9 Å². The van der Waals surface area contributed by atoms with E-state index in [0.717, 1.165) is 29.0 Å². The van der Waals surface area contributed by atoms with Crippen molar-refractivity contribution in [1.82, 2.24) is 9.97 Å². The molecule has 0 aliphatic heterocycles. The van der Waals surface area contributed by atoms with E-state index in [0.29, 0.717) is 19.1 Å². The third-order valence-corrected chi connectivity index (χ3v) is 3.35. The van der Waals surface area contributed by atoms with Crippen LogP contribution in [0, 0.1) is 0 Å². The number of hydrogen-bond acceptors (Lipinski definition) is 5. The Balaban J connectivity index is 1.83. The summed E-state index contributed by atoms with van der Waals surface area (Å²) in [6.07, 6.45) is 2.51. The van der Waals surface area contributed by atoms with Crippen molar-refractivity contribution in [2.45, 2.75) is 13.3 Å². The Hall–Kier alpha value is -1.82. The standard InChI is InChI=1S/C15H18BrN3O2/c1-2-8-17-14-13(16)15(19-11-18-14)21-10-9-20-12-6-4-3-5-7-12/h3-7,11H,2,8-10H2,1H3,(H,17,18,19). The summed E-state index contributed by atoms with van der Waals surface area (Å²) < 4.78 is 11.9. The first-order valence-electron chi connectivity index (χ1n) is 6.86. The molecule has 2 aromatic rings. The number of benzene rings is 1. The number of para-hydroxylation sites is 1. The van der Waals surface area contributed by atoms with Gasteiger partial charge in [-0.2, -0.15) is 0 Å². The van der Waals surface area contributed by atoms with Gasteiger partial charge in [0.15, 0.2) is 0 Å². The van der Waals surface area contributed by atoms with Gasteiger partial charge in [0, 0.05) is 6.54 Å². The van der Waals surface area contributed by atoms with Crippen molar-refractivity contribution in [2.75, 3.05) is 25.1 Å². The van der Waals surface area contributed by atoms with E-state index >= 15 is 0 Å². The highest BCUT2D eigenvalue weighted by molar-refractivity contribution is 9.10. The molecule has 21 heavy (non-hydrogen) atoms. The molecule has 1 N–H and O–H groups in total. The molecule has 1 aromatic carbocycles. The lowest BCUT2D eigenvalue weighted by Crippen LogP contribution is -2.11. The summed E-state index contributed by atoms with van der Waals surface area (Å²) in [6, 6.07) is 9.64. The summed E-state index contributed by atoms with van der Waals surface area (Å²) in [5.74, 6) is 2.08. The van der Waals surface area contributed by atoms with Crippen molar-refractivity contribution in [1.29, 1.82) is 0 Å². The number of aromatic nitrogens is 2. The summed E-state index contributed by atoms with van der Waals surface area (Å²) in [4.78, 5) is 8.29. The summed E-state index contributed by atoms with van der Waals surface area (Å²) in [6.45, 7) is 3.82. The van der Waals surface area contributed by atoms with Crippen LogP contribution in [-0.4, -0.2) is 29.7 Å². The van der Waals surface area contributed by atoms with Crippen LogP contribution in [0.2, 0.25) is 0 Å². The topological polar surface area (TPSA) is 56.3 Å². The van der Waals surface area contributed by atoms with E-state index in [9.17, 15) is 0 Å². The molecule has 0 amide bonds. The zero-order chi connectivity index (χ0) is 14.9. The van der Waals surface area contributed by atoms with Gasteiger partial charge in [-0.15, -0.1) is 0 Å². The predicted octanol–water partition coefficient (Wildman–Crippen LogP) is 3.52.